The van der Waals surface area contributed by atoms with Gasteiger partial charge in [0.2, 0.25) is 0 Å². The molecule has 1 fully saturated rings. The van der Waals surface area contributed by atoms with Crippen molar-refractivity contribution in [3.8, 4) is 5.75 Å². The summed E-state index contributed by atoms with van der Waals surface area (Å²) >= 11 is 12.0. The molecule has 0 aliphatic carbocycles. The number of benzene rings is 2. The van der Waals surface area contributed by atoms with E-state index in [9.17, 15) is 9.18 Å². The van der Waals surface area contributed by atoms with Crippen molar-refractivity contribution in [1.82, 2.24) is 5.32 Å². The van der Waals surface area contributed by atoms with Crippen LogP contribution < -0.4 is 15.0 Å². The average molecular weight is 411 g/mol. The Morgan fingerprint density at radius 1 is 1.30 bits per heavy atom. The zero-order chi connectivity index (χ0) is 19.4. The fourth-order valence-corrected chi connectivity index (χ4v) is 3.43. The Hall–Kier alpha value is -1.98. The number of rotatable bonds is 6. The average Bonchev–Trinajstić information content (AvgIpc) is 3.13. The smallest absolute Gasteiger partial charge is 0.260 e. The van der Waals surface area contributed by atoms with Crippen LogP contribution in [0.5, 0.6) is 5.75 Å². The van der Waals surface area contributed by atoms with Crippen LogP contribution in [0.25, 0.3) is 0 Å². The number of carbonyl (C=O) groups is 1. The summed E-state index contributed by atoms with van der Waals surface area (Å²) in [6.07, 6.45) is 0.281. The van der Waals surface area contributed by atoms with Crippen LogP contribution in [0.2, 0.25) is 10.0 Å². The zero-order valence-electron chi connectivity index (χ0n) is 14.9. The van der Waals surface area contributed by atoms with Crippen molar-refractivity contribution in [2.75, 3.05) is 24.5 Å². The molecule has 0 aromatic heterocycles. The van der Waals surface area contributed by atoms with Gasteiger partial charge in [-0.2, -0.15) is 0 Å². The summed E-state index contributed by atoms with van der Waals surface area (Å²) in [7, 11) is 0. The quantitative estimate of drug-likeness (QED) is 0.759. The SMILES string of the molecule is CC(Oc1cccc(Cl)c1Cl)C(=O)NCC1CCN(c2ccc(F)cc2)C1. The van der Waals surface area contributed by atoms with Gasteiger partial charge >= 0.3 is 0 Å². The fourth-order valence-electron chi connectivity index (χ4n) is 3.09. The molecule has 1 heterocycles. The third kappa shape index (κ3) is 5.05. The molecule has 7 heteroatoms. The first kappa shape index (κ1) is 19.8. The highest BCUT2D eigenvalue weighted by Crippen LogP contribution is 2.32. The van der Waals surface area contributed by atoms with Gasteiger partial charge < -0.3 is 15.0 Å². The maximum Gasteiger partial charge on any atom is 0.260 e. The minimum Gasteiger partial charge on any atom is -0.479 e. The summed E-state index contributed by atoms with van der Waals surface area (Å²) in [5.41, 5.74) is 0.998. The summed E-state index contributed by atoms with van der Waals surface area (Å²) in [5, 5.41) is 3.61. The molecule has 27 heavy (non-hydrogen) atoms. The Balaban J connectivity index is 1.47. The van der Waals surface area contributed by atoms with Crippen LogP contribution in [0.15, 0.2) is 42.5 Å². The number of ether oxygens (including phenoxy) is 1. The summed E-state index contributed by atoms with van der Waals surface area (Å²) in [6.45, 7) is 3.94. The molecule has 1 aliphatic heterocycles. The lowest BCUT2D eigenvalue weighted by atomic mass is 10.1. The topological polar surface area (TPSA) is 41.6 Å². The Bertz CT molecular complexity index is 801. The van der Waals surface area contributed by atoms with Crippen molar-refractivity contribution in [3.05, 3.63) is 58.3 Å². The van der Waals surface area contributed by atoms with E-state index in [0.717, 1.165) is 25.2 Å². The normalized spacial score (nSPS) is 17.6. The first-order valence-corrected chi connectivity index (χ1v) is 9.58. The Morgan fingerprint density at radius 2 is 2.04 bits per heavy atom. The van der Waals surface area contributed by atoms with E-state index in [4.69, 9.17) is 27.9 Å². The van der Waals surface area contributed by atoms with Crippen molar-refractivity contribution >= 4 is 34.8 Å². The predicted octanol–water partition coefficient (Wildman–Crippen LogP) is 4.54. The summed E-state index contributed by atoms with van der Waals surface area (Å²) in [4.78, 5) is 14.5. The highest BCUT2D eigenvalue weighted by molar-refractivity contribution is 6.42. The van der Waals surface area contributed by atoms with Crippen LogP contribution in [0.3, 0.4) is 0 Å². The molecule has 2 aromatic carbocycles. The van der Waals surface area contributed by atoms with E-state index in [1.807, 2.05) is 0 Å². The molecule has 144 valence electrons. The number of nitrogens with one attached hydrogen (secondary N) is 1. The first-order valence-electron chi connectivity index (χ1n) is 8.83. The molecular weight excluding hydrogens is 390 g/mol. The van der Waals surface area contributed by atoms with Crippen molar-refractivity contribution in [1.29, 1.82) is 0 Å². The minimum absolute atomic E-state index is 0.203. The molecule has 1 saturated heterocycles. The summed E-state index contributed by atoms with van der Waals surface area (Å²) < 4.78 is 18.7. The molecule has 3 rings (SSSR count). The highest BCUT2D eigenvalue weighted by Gasteiger charge is 2.24. The molecule has 1 N–H and O–H groups in total. The lowest BCUT2D eigenvalue weighted by Gasteiger charge is -2.20. The second-order valence-electron chi connectivity index (χ2n) is 6.63. The maximum absolute atomic E-state index is 13.0. The Labute approximate surface area is 168 Å². The van der Waals surface area contributed by atoms with Gasteiger partial charge in [-0.05, 0) is 55.7 Å². The van der Waals surface area contributed by atoms with E-state index in [1.165, 1.54) is 12.1 Å². The molecule has 0 bridgehead atoms. The van der Waals surface area contributed by atoms with Gasteiger partial charge in [0.15, 0.2) is 6.10 Å². The van der Waals surface area contributed by atoms with E-state index in [-0.39, 0.29) is 11.7 Å². The summed E-state index contributed by atoms with van der Waals surface area (Å²) in [6, 6.07) is 11.5. The van der Waals surface area contributed by atoms with Crippen molar-refractivity contribution in [2.24, 2.45) is 5.92 Å². The molecule has 1 amide bonds. The van der Waals surface area contributed by atoms with E-state index in [2.05, 4.69) is 10.2 Å². The third-order valence-electron chi connectivity index (χ3n) is 4.63. The van der Waals surface area contributed by atoms with Gasteiger partial charge in [-0.1, -0.05) is 29.3 Å². The van der Waals surface area contributed by atoms with E-state index < -0.39 is 6.10 Å². The van der Waals surface area contributed by atoms with Gasteiger partial charge in [0, 0.05) is 25.3 Å². The van der Waals surface area contributed by atoms with Gasteiger partial charge in [-0.25, -0.2) is 4.39 Å². The van der Waals surface area contributed by atoms with Gasteiger partial charge in [0.05, 0.1) is 5.02 Å². The molecule has 0 radical (unpaired) electrons. The standard InChI is InChI=1S/C20H21Cl2FN2O2/c1-13(27-18-4-2-3-17(21)19(18)22)20(26)24-11-14-9-10-25(12-14)16-7-5-15(23)6-8-16/h2-8,13-14H,9-12H2,1H3,(H,24,26). The Kier molecular flexibility index (Phi) is 6.45. The van der Waals surface area contributed by atoms with E-state index >= 15 is 0 Å². The van der Waals surface area contributed by atoms with Gasteiger partial charge in [0.25, 0.3) is 5.91 Å². The number of nitrogens with zero attached hydrogens (tertiary/aromatic N) is 1. The Morgan fingerprint density at radius 3 is 2.78 bits per heavy atom. The van der Waals surface area contributed by atoms with Crippen LogP contribution in [0.4, 0.5) is 10.1 Å². The molecule has 2 atom stereocenters. The molecule has 4 nitrogen and oxygen atoms in total. The largest absolute Gasteiger partial charge is 0.479 e. The number of hydrogen-bond donors (Lipinski definition) is 1. The van der Waals surface area contributed by atoms with Crippen LogP contribution in [-0.2, 0) is 4.79 Å². The molecular formula is C20H21Cl2FN2O2. The second kappa shape index (κ2) is 8.81. The zero-order valence-corrected chi connectivity index (χ0v) is 16.4. The van der Waals surface area contributed by atoms with E-state index in [1.54, 1.807) is 37.3 Å². The third-order valence-corrected chi connectivity index (χ3v) is 5.43. The van der Waals surface area contributed by atoms with Crippen molar-refractivity contribution < 1.29 is 13.9 Å². The fraction of sp³-hybridized carbons (Fsp3) is 0.350. The van der Waals surface area contributed by atoms with Crippen LogP contribution >= 0.6 is 23.2 Å². The van der Waals surface area contributed by atoms with Crippen LogP contribution in [0.1, 0.15) is 13.3 Å². The van der Waals surface area contributed by atoms with Gasteiger partial charge in [-0.3, -0.25) is 4.79 Å². The van der Waals surface area contributed by atoms with Crippen molar-refractivity contribution in [2.45, 2.75) is 19.4 Å². The molecule has 0 saturated carbocycles. The lowest BCUT2D eigenvalue weighted by Crippen LogP contribution is -2.39. The number of hydrogen-bond acceptors (Lipinski definition) is 3. The molecule has 2 aromatic rings. The van der Waals surface area contributed by atoms with Gasteiger partial charge in [-0.15, -0.1) is 0 Å². The molecule has 0 spiro atoms. The van der Waals surface area contributed by atoms with Crippen molar-refractivity contribution in [3.63, 3.8) is 0 Å². The maximum atomic E-state index is 13.0. The highest BCUT2D eigenvalue weighted by atomic mass is 35.5. The van der Waals surface area contributed by atoms with Crippen LogP contribution in [0, 0.1) is 11.7 Å². The molecule has 1 aliphatic rings. The molecule has 2 unspecified atom stereocenters. The number of carbonyl (C=O) groups excluding carboxylic acids is 1. The first-order chi connectivity index (χ1) is 12.9. The number of halogens is 3. The predicted molar refractivity (Wildman–Crippen MR) is 106 cm³/mol. The summed E-state index contributed by atoms with van der Waals surface area (Å²) in [5.74, 6) is 0.276. The number of amides is 1. The monoisotopic (exact) mass is 410 g/mol. The lowest BCUT2D eigenvalue weighted by molar-refractivity contribution is -0.127. The van der Waals surface area contributed by atoms with E-state index in [0.29, 0.717) is 28.3 Å². The van der Waals surface area contributed by atoms with Crippen LogP contribution in [-0.4, -0.2) is 31.6 Å². The number of anilines is 1. The van der Waals surface area contributed by atoms with Gasteiger partial charge in [0.1, 0.15) is 16.6 Å². The second-order valence-corrected chi connectivity index (χ2v) is 7.42. The minimum atomic E-state index is -0.685.